The Balaban J connectivity index is 1.43. The molecule has 1 fully saturated rings. The molecule has 4 aliphatic rings. The van der Waals surface area contributed by atoms with Crippen molar-refractivity contribution in [1.82, 2.24) is 4.72 Å². The molecule has 8 nitrogen and oxygen atoms in total. The third-order valence-electron chi connectivity index (χ3n) is 10.2. The highest BCUT2D eigenvalue weighted by Crippen LogP contribution is 2.47. The Bertz CT molecular complexity index is 1510. The summed E-state index contributed by atoms with van der Waals surface area (Å²) in [5.74, 6) is 0.743. The average Bonchev–Trinajstić information content (AvgIpc) is 3.12. The molecule has 1 saturated carbocycles. The number of amides is 1. The van der Waals surface area contributed by atoms with Crippen molar-refractivity contribution in [2.24, 2.45) is 11.8 Å². The van der Waals surface area contributed by atoms with Gasteiger partial charge in [-0.25, -0.2) is 13.1 Å². The number of aryl methyl sites for hydroxylation is 1. The molecule has 232 valence electrons. The molecule has 2 aliphatic carbocycles. The lowest BCUT2D eigenvalue weighted by molar-refractivity contribution is 0.0129. The number of rotatable bonds is 2. The molecule has 2 heterocycles. The number of carbonyl (C=O) groups excluding carboxylic acids is 1. The van der Waals surface area contributed by atoms with Crippen LogP contribution in [0, 0.1) is 11.8 Å². The highest BCUT2D eigenvalue weighted by atomic mass is 35.5. The summed E-state index contributed by atoms with van der Waals surface area (Å²) in [6.07, 6.45) is 8.82. The van der Waals surface area contributed by atoms with Gasteiger partial charge in [-0.1, -0.05) is 29.8 Å². The van der Waals surface area contributed by atoms with Gasteiger partial charge in [0, 0.05) is 43.3 Å². The maximum atomic E-state index is 13.4. The molecule has 6 rings (SSSR count). The van der Waals surface area contributed by atoms with Crippen molar-refractivity contribution in [3.63, 3.8) is 0 Å². The third-order valence-corrected chi connectivity index (χ3v) is 12.2. The molecule has 0 saturated heterocycles. The van der Waals surface area contributed by atoms with Crippen LogP contribution in [0.1, 0.15) is 60.5 Å². The average molecular weight is 629 g/mol. The summed E-state index contributed by atoms with van der Waals surface area (Å²) in [4.78, 5) is 15.8. The van der Waals surface area contributed by atoms with E-state index in [9.17, 15) is 13.2 Å². The van der Waals surface area contributed by atoms with E-state index in [1.54, 1.807) is 32.2 Å². The first-order valence-corrected chi connectivity index (χ1v) is 17.2. The Morgan fingerprint density at radius 3 is 2.70 bits per heavy atom. The predicted molar refractivity (Wildman–Crippen MR) is 168 cm³/mol. The fraction of sp³-hybridized carbons (Fsp3) is 0.545. The van der Waals surface area contributed by atoms with Crippen molar-refractivity contribution < 1.29 is 27.4 Å². The smallest absolute Gasteiger partial charge is 0.264 e. The second-order valence-corrected chi connectivity index (χ2v) is 15.1. The molecule has 0 aromatic heterocycles. The van der Waals surface area contributed by atoms with Gasteiger partial charge in [0.25, 0.3) is 5.91 Å². The minimum Gasteiger partial charge on any atom is -0.490 e. The minimum absolute atomic E-state index is 0.0867. The van der Waals surface area contributed by atoms with E-state index in [1.165, 1.54) is 18.2 Å². The number of benzene rings is 2. The summed E-state index contributed by atoms with van der Waals surface area (Å²) in [6.45, 7) is 3.58. The highest BCUT2D eigenvalue weighted by molar-refractivity contribution is 7.90. The number of anilines is 1. The third kappa shape index (κ3) is 5.81. The van der Waals surface area contributed by atoms with Gasteiger partial charge in [0.2, 0.25) is 10.0 Å². The summed E-state index contributed by atoms with van der Waals surface area (Å²) < 4.78 is 46.9. The van der Waals surface area contributed by atoms with Crippen LogP contribution in [-0.2, 0) is 31.3 Å². The summed E-state index contributed by atoms with van der Waals surface area (Å²) >= 11 is 6.40. The molecule has 10 heteroatoms. The van der Waals surface area contributed by atoms with Gasteiger partial charge in [0.15, 0.2) is 0 Å². The predicted octanol–water partition coefficient (Wildman–Crippen LogP) is 5.28. The number of hydrogen-bond acceptors (Lipinski definition) is 7. The zero-order valence-corrected chi connectivity index (χ0v) is 26.6. The van der Waals surface area contributed by atoms with Crippen LogP contribution in [0.4, 0.5) is 5.69 Å². The topological polar surface area (TPSA) is 94.2 Å². The molecule has 2 aromatic rings. The molecular formula is C33H41ClN2O6S. The Labute approximate surface area is 259 Å². The summed E-state index contributed by atoms with van der Waals surface area (Å²) in [5, 5.41) is -0.205. The van der Waals surface area contributed by atoms with Crippen molar-refractivity contribution in [1.29, 1.82) is 0 Å². The normalized spacial score (nSPS) is 32.8. The van der Waals surface area contributed by atoms with Crippen LogP contribution in [0.15, 0.2) is 48.6 Å². The van der Waals surface area contributed by atoms with Gasteiger partial charge in [-0.2, -0.15) is 0 Å². The molecule has 1 spiro atoms. The van der Waals surface area contributed by atoms with E-state index in [1.807, 2.05) is 18.2 Å². The zero-order chi connectivity index (χ0) is 30.4. The molecule has 6 atom stereocenters. The van der Waals surface area contributed by atoms with Gasteiger partial charge in [0.05, 0.1) is 24.5 Å². The Morgan fingerprint density at radius 1 is 1.12 bits per heavy atom. The number of nitrogens with one attached hydrogen (secondary N) is 1. The molecule has 1 amide bonds. The van der Waals surface area contributed by atoms with Crippen molar-refractivity contribution in [3.8, 4) is 5.75 Å². The maximum absolute atomic E-state index is 13.4. The number of sulfonamides is 1. The van der Waals surface area contributed by atoms with E-state index in [4.69, 9.17) is 25.8 Å². The molecule has 2 bridgehead atoms. The summed E-state index contributed by atoms with van der Waals surface area (Å²) in [5.41, 5.74) is 3.39. The molecule has 2 aromatic carbocycles. The fourth-order valence-corrected chi connectivity index (χ4v) is 8.87. The van der Waals surface area contributed by atoms with Crippen LogP contribution in [0.2, 0.25) is 5.02 Å². The zero-order valence-electron chi connectivity index (χ0n) is 25.1. The lowest BCUT2D eigenvalue weighted by atomic mass is 9.68. The van der Waals surface area contributed by atoms with E-state index in [-0.39, 0.29) is 17.1 Å². The second kappa shape index (κ2) is 12.1. The molecule has 0 radical (unpaired) electrons. The van der Waals surface area contributed by atoms with Crippen LogP contribution < -0.4 is 14.4 Å². The van der Waals surface area contributed by atoms with Crippen LogP contribution in [0.3, 0.4) is 0 Å². The molecular weight excluding hydrogens is 588 g/mol. The van der Waals surface area contributed by atoms with Crippen molar-refractivity contribution in [2.75, 3.05) is 38.8 Å². The van der Waals surface area contributed by atoms with Crippen LogP contribution in [0.25, 0.3) is 0 Å². The first-order valence-electron chi connectivity index (χ1n) is 15.2. The number of ether oxygens (including phenoxy) is 3. The lowest BCUT2D eigenvalue weighted by Crippen LogP contribution is -2.49. The summed E-state index contributed by atoms with van der Waals surface area (Å²) in [7, 11) is -0.792. The Kier molecular flexibility index (Phi) is 8.54. The van der Waals surface area contributed by atoms with Gasteiger partial charge >= 0.3 is 0 Å². The van der Waals surface area contributed by atoms with Crippen molar-refractivity contribution in [3.05, 3.63) is 70.3 Å². The minimum atomic E-state index is -4.02. The van der Waals surface area contributed by atoms with Crippen molar-refractivity contribution in [2.45, 2.75) is 68.3 Å². The molecule has 43 heavy (non-hydrogen) atoms. The number of carbonyl (C=O) groups is 1. The number of nitrogens with zero attached hydrogens (tertiary/aromatic N) is 1. The van der Waals surface area contributed by atoms with Gasteiger partial charge in [-0.3, -0.25) is 4.79 Å². The van der Waals surface area contributed by atoms with Gasteiger partial charge < -0.3 is 19.1 Å². The molecule has 0 unspecified atom stereocenters. The monoisotopic (exact) mass is 628 g/mol. The number of hydrogen-bond donors (Lipinski definition) is 1. The number of fused-ring (bicyclic) bond motifs is 4. The first-order chi connectivity index (χ1) is 20.6. The summed E-state index contributed by atoms with van der Waals surface area (Å²) in [6, 6.07) is 11.4. The quantitative estimate of drug-likeness (QED) is 0.453. The van der Waals surface area contributed by atoms with E-state index >= 15 is 0 Å². The van der Waals surface area contributed by atoms with E-state index in [0.717, 1.165) is 55.9 Å². The van der Waals surface area contributed by atoms with Crippen LogP contribution >= 0.6 is 11.6 Å². The first kappa shape index (κ1) is 30.4. The van der Waals surface area contributed by atoms with Gasteiger partial charge in [-0.15, -0.1) is 0 Å². The molecule has 2 aliphatic heterocycles. The maximum Gasteiger partial charge on any atom is 0.264 e. The standard InChI is InChI=1S/C33H41ClN2O6S/c1-21-29(40-2)7-4-8-30(41-3)26-12-9-24(26)18-36-19-33(15-5-6-22-16-25(34)11-13-27(22)33)20-42-31-14-10-23(17-28(31)36)32(37)35-43(21,38)39/h4,8,10-11,13-14,16-17,21,24,26,29-30H,5-7,9,12,15,18-20H2,1-3H3,(H,35,37)/b8-4+/t21-,24+,26-,29-,30+,33+/m1/s1. The highest BCUT2D eigenvalue weighted by Gasteiger charge is 2.44. The van der Waals surface area contributed by atoms with Crippen LogP contribution in [0.5, 0.6) is 5.75 Å². The molecule has 1 N–H and O–H groups in total. The SMILES string of the molecule is CO[C@H]1/C=C/C[C@@H](OC)[C@@H](C)S(=O)(=O)NC(=O)c2ccc3c(c2)N(C[C@@H]2CC[C@H]21)C[C@@]1(CCCc2cc(Cl)ccc21)CO3. The number of methoxy groups -OCH3 is 2. The van der Waals surface area contributed by atoms with E-state index < -0.39 is 27.3 Å². The Hall–Kier alpha value is -2.59. The van der Waals surface area contributed by atoms with Gasteiger partial charge in [0.1, 0.15) is 11.0 Å². The Morgan fingerprint density at radius 2 is 1.95 bits per heavy atom. The second-order valence-electron chi connectivity index (χ2n) is 12.6. The van der Waals surface area contributed by atoms with E-state index in [0.29, 0.717) is 30.6 Å². The fourth-order valence-electron chi connectivity index (χ4n) is 7.50. The van der Waals surface area contributed by atoms with E-state index in [2.05, 4.69) is 21.8 Å². The van der Waals surface area contributed by atoms with Crippen molar-refractivity contribution >= 4 is 33.2 Å². The van der Waals surface area contributed by atoms with Gasteiger partial charge in [-0.05, 0) is 98.7 Å². The lowest BCUT2D eigenvalue weighted by Gasteiger charge is -2.46. The largest absolute Gasteiger partial charge is 0.490 e. The van der Waals surface area contributed by atoms with Crippen LogP contribution in [-0.4, -0.2) is 65.7 Å². The number of halogens is 1.